The van der Waals surface area contributed by atoms with Crippen LogP contribution in [0.15, 0.2) is 0 Å². The Morgan fingerprint density at radius 1 is 1.10 bits per heavy atom. The van der Waals surface area contributed by atoms with Gasteiger partial charge < -0.3 is 5.32 Å². The van der Waals surface area contributed by atoms with Crippen LogP contribution in [0, 0.1) is 0 Å². The largest absolute Gasteiger partial charge is 0.317 e. The summed E-state index contributed by atoms with van der Waals surface area (Å²) in [6, 6.07) is 0.261. The van der Waals surface area contributed by atoms with Gasteiger partial charge in [0.2, 0.25) is 10.0 Å². The van der Waals surface area contributed by atoms with Crippen LogP contribution < -0.4 is 5.32 Å². The Hall–Kier alpha value is -0.130. The molecule has 1 heterocycles. The molecule has 1 rings (SSSR count). The molecule has 0 saturated carbocycles. The minimum atomic E-state index is -3.04. The van der Waals surface area contributed by atoms with E-state index in [-0.39, 0.29) is 6.04 Å². The van der Waals surface area contributed by atoms with Gasteiger partial charge in [0.05, 0.1) is 5.75 Å². The zero-order valence-electron chi connectivity index (χ0n) is 13.2. The van der Waals surface area contributed by atoms with E-state index in [2.05, 4.69) is 19.2 Å². The molecule has 1 unspecified atom stereocenters. The topological polar surface area (TPSA) is 49.4 Å². The first-order chi connectivity index (χ1) is 9.61. The summed E-state index contributed by atoms with van der Waals surface area (Å²) in [7, 11) is -3.04. The van der Waals surface area contributed by atoms with E-state index in [1.54, 1.807) is 4.31 Å². The molecular weight excluding hydrogens is 272 g/mol. The van der Waals surface area contributed by atoms with Crippen molar-refractivity contribution in [3.63, 3.8) is 0 Å². The maximum atomic E-state index is 12.5. The molecule has 0 amide bonds. The third-order valence-corrected chi connectivity index (χ3v) is 5.98. The maximum Gasteiger partial charge on any atom is 0.214 e. The summed E-state index contributed by atoms with van der Waals surface area (Å²) in [4.78, 5) is 0. The van der Waals surface area contributed by atoms with Gasteiger partial charge in [0, 0.05) is 12.6 Å². The first-order valence-electron chi connectivity index (χ1n) is 8.32. The van der Waals surface area contributed by atoms with Crippen molar-refractivity contribution in [1.82, 2.24) is 9.62 Å². The predicted molar refractivity (Wildman–Crippen MR) is 85.4 cm³/mol. The summed E-state index contributed by atoms with van der Waals surface area (Å²) in [5, 5.41) is 3.32. The van der Waals surface area contributed by atoms with Gasteiger partial charge in [0.15, 0.2) is 0 Å². The molecule has 0 spiro atoms. The Balaban J connectivity index is 2.37. The van der Waals surface area contributed by atoms with Crippen LogP contribution in [0.3, 0.4) is 0 Å². The van der Waals surface area contributed by atoms with Gasteiger partial charge in [-0.3, -0.25) is 0 Å². The van der Waals surface area contributed by atoms with E-state index >= 15 is 0 Å². The molecule has 1 aliphatic rings. The molecule has 1 N–H and O–H groups in total. The SMILES string of the molecule is CCCNCCCCS(=O)(=O)N1CCCCC1CCC. The van der Waals surface area contributed by atoms with Crippen LogP contribution in [-0.4, -0.2) is 44.2 Å². The lowest BCUT2D eigenvalue weighted by Gasteiger charge is -2.34. The molecule has 5 heteroatoms. The highest BCUT2D eigenvalue weighted by Gasteiger charge is 2.30. The summed E-state index contributed by atoms with van der Waals surface area (Å²) in [6.45, 7) is 6.97. The van der Waals surface area contributed by atoms with E-state index in [1.807, 2.05) is 0 Å². The summed E-state index contributed by atoms with van der Waals surface area (Å²) < 4.78 is 26.7. The molecule has 0 radical (unpaired) electrons. The van der Waals surface area contributed by atoms with Gasteiger partial charge in [-0.15, -0.1) is 0 Å². The minimum absolute atomic E-state index is 0.261. The molecule has 0 aliphatic carbocycles. The zero-order valence-corrected chi connectivity index (χ0v) is 14.1. The second kappa shape index (κ2) is 9.74. The van der Waals surface area contributed by atoms with Crippen molar-refractivity contribution < 1.29 is 8.42 Å². The third kappa shape index (κ3) is 6.10. The number of unbranched alkanes of at least 4 members (excludes halogenated alkanes) is 1. The minimum Gasteiger partial charge on any atom is -0.317 e. The molecule has 1 saturated heterocycles. The fourth-order valence-electron chi connectivity index (χ4n) is 2.92. The summed E-state index contributed by atoms with van der Waals surface area (Å²) in [6.07, 6.45) is 8.18. The average molecular weight is 305 g/mol. The van der Waals surface area contributed by atoms with E-state index in [1.165, 1.54) is 6.42 Å². The summed E-state index contributed by atoms with van der Waals surface area (Å²) >= 11 is 0. The molecule has 0 aromatic rings. The molecule has 1 fully saturated rings. The zero-order chi connectivity index (χ0) is 14.8. The van der Waals surface area contributed by atoms with E-state index in [0.29, 0.717) is 5.75 Å². The Kier molecular flexibility index (Phi) is 8.73. The fraction of sp³-hybridized carbons (Fsp3) is 1.00. The van der Waals surface area contributed by atoms with Crippen molar-refractivity contribution in [2.75, 3.05) is 25.4 Å². The van der Waals surface area contributed by atoms with Gasteiger partial charge in [-0.25, -0.2) is 8.42 Å². The lowest BCUT2D eigenvalue weighted by atomic mass is 10.0. The monoisotopic (exact) mass is 304 g/mol. The van der Waals surface area contributed by atoms with Crippen LogP contribution in [0.5, 0.6) is 0 Å². The molecule has 0 aromatic carbocycles. The van der Waals surface area contributed by atoms with Crippen molar-refractivity contribution >= 4 is 10.0 Å². The number of nitrogens with one attached hydrogen (secondary N) is 1. The number of rotatable bonds is 10. The van der Waals surface area contributed by atoms with Crippen molar-refractivity contribution in [3.05, 3.63) is 0 Å². The Morgan fingerprint density at radius 2 is 1.90 bits per heavy atom. The predicted octanol–water partition coefficient (Wildman–Crippen LogP) is 2.75. The smallest absolute Gasteiger partial charge is 0.214 e. The first kappa shape index (κ1) is 17.9. The van der Waals surface area contributed by atoms with Crippen LogP contribution in [-0.2, 0) is 10.0 Å². The van der Waals surface area contributed by atoms with Gasteiger partial charge in [-0.2, -0.15) is 4.31 Å². The van der Waals surface area contributed by atoms with E-state index in [9.17, 15) is 8.42 Å². The summed E-state index contributed by atoms with van der Waals surface area (Å²) in [5.41, 5.74) is 0. The third-order valence-electron chi connectivity index (χ3n) is 3.98. The highest BCUT2D eigenvalue weighted by Crippen LogP contribution is 2.24. The second-order valence-corrected chi connectivity index (χ2v) is 7.86. The highest BCUT2D eigenvalue weighted by molar-refractivity contribution is 7.89. The van der Waals surface area contributed by atoms with Crippen LogP contribution in [0.2, 0.25) is 0 Å². The molecule has 20 heavy (non-hydrogen) atoms. The van der Waals surface area contributed by atoms with Crippen molar-refractivity contribution in [2.24, 2.45) is 0 Å². The van der Waals surface area contributed by atoms with Crippen LogP contribution >= 0.6 is 0 Å². The molecular formula is C15H32N2O2S. The van der Waals surface area contributed by atoms with E-state index in [0.717, 1.165) is 64.6 Å². The Labute approximate surface area is 125 Å². The normalized spacial score (nSPS) is 21.2. The molecule has 120 valence electrons. The van der Waals surface area contributed by atoms with Gasteiger partial charge in [0.1, 0.15) is 0 Å². The number of hydrogen-bond acceptors (Lipinski definition) is 3. The number of hydrogen-bond donors (Lipinski definition) is 1. The number of piperidine rings is 1. The van der Waals surface area contributed by atoms with Crippen LogP contribution in [0.4, 0.5) is 0 Å². The van der Waals surface area contributed by atoms with Gasteiger partial charge in [0.25, 0.3) is 0 Å². The quantitative estimate of drug-likeness (QED) is 0.631. The van der Waals surface area contributed by atoms with Crippen LogP contribution in [0.25, 0.3) is 0 Å². The average Bonchev–Trinajstić information content (AvgIpc) is 2.43. The standard InChI is InChI=1S/C15H32N2O2S/c1-3-9-15-10-5-7-13-17(15)20(18,19)14-8-6-12-16-11-4-2/h15-16H,3-14H2,1-2H3. The Bertz CT molecular complexity index is 342. The fourth-order valence-corrected chi connectivity index (χ4v) is 4.79. The lowest BCUT2D eigenvalue weighted by Crippen LogP contribution is -2.44. The van der Waals surface area contributed by atoms with Gasteiger partial charge >= 0.3 is 0 Å². The maximum absolute atomic E-state index is 12.5. The van der Waals surface area contributed by atoms with Crippen molar-refractivity contribution in [1.29, 1.82) is 0 Å². The van der Waals surface area contributed by atoms with E-state index in [4.69, 9.17) is 0 Å². The van der Waals surface area contributed by atoms with Crippen molar-refractivity contribution in [2.45, 2.75) is 71.3 Å². The molecule has 0 aromatic heterocycles. The lowest BCUT2D eigenvalue weighted by molar-refractivity contribution is 0.239. The molecule has 1 atom stereocenters. The number of nitrogens with zero attached hydrogens (tertiary/aromatic N) is 1. The van der Waals surface area contributed by atoms with Gasteiger partial charge in [-0.1, -0.05) is 26.7 Å². The molecule has 4 nitrogen and oxygen atoms in total. The molecule has 1 aliphatic heterocycles. The number of sulfonamides is 1. The van der Waals surface area contributed by atoms with Crippen LogP contribution in [0.1, 0.15) is 65.2 Å². The second-order valence-electron chi connectivity index (χ2n) is 5.82. The summed E-state index contributed by atoms with van der Waals surface area (Å²) in [5.74, 6) is 0.320. The Morgan fingerprint density at radius 3 is 2.60 bits per heavy atom. The first-order valence-corrected chi connectivity index (χ1v) is 9.93. The van der Waals surface area contributed by atoms with Gasteiger partial charge in [-0.05, 0) is 51.6 Å². The molecule has 0 bridgehead atoms. The highest BCUT2D eigenvalue weighted by atomic mass is 32.2. The van der Waals surface area contributed by atoms with E-state index < -0.39 is 10.0 Å². The van der Waals surface area contributed by atoms with Crippen molar-refractivity contribution in [3.8, 4) is 0 Å².